The van der Waals surface area contributed by atoms with Crippen LogP contribution in [0.25, 0.3) is 0 Å². The van der Waals surface area contributed by atoms with Gasteiger partial charge in [-0.05, 0) is 42.8 Å². The highest BCUT2D eigenvalue weighted by Gasteiger charge is 2.08. The third-order valence-corrected chi connectivity index (χ3v) is 3.51. The summed E-state index contributed by atoms with van der Waals surface area (Å²) in [5.74, 6) is 0.138. The molecule has 5 nitrogen and oxygen atoms in total. The lowest BCUT2D eigenvalue weighted by Gasteiger charge is -2.07. The second kappa shape index (κ2) is 7.10. The molecule has 0 aliphatic heterocycles. The Balaban J connectivity index is 1.68. The summed E-state index contributed by atoms with van der Waals surface area (Å²) in [6, 6.07) is 14.8. The van der Waals surface area contributed by atoms with E-state index in [-0.39, 0.29) is 5.91 Å². The minimum atomic E-state index is -0.255. The summed E-state index contributed by atoms with van der Waals surface area (Å²) in [6.07, 6.45) is 2.95. The Morgan fingerprint density at radius 2 is 1.71 bits per heavy atom. The number of carbonyl (C=O) groups is 1. The Morgan fingerprint density at radius 1 is 1.00 bits per heavy atom. The molecule has 0 atom stereocenters. The molecule has 2 N–H and O–H groups in total. The van der Waals surface area contributed by atoms with Gasteiger partial charge in [-0.15, -0.1) is 0 Å². The standard InChI is InChI=1S/C18H15ClN4O/c1-12-4-2-6-15(8-12)22-17(24)13-10-20-18(21-11-13)23-16-7-3-5-14(19)9-16/h2-11H,1H3,(H,22,24)(H,20,21,23). The molecule has 24 heavy (non-hydrogen) atoms. The van der Waals surface area contributed by atoms with Gasteiger partial charge < -0.3 is 10.6 Å². The molecule has 1 amide bonds. The average Bonchev–Trinajstić information content (AvgIpc) is 2.55. The second-order valence-corrected chi connectivity index (χ2v) is 5.69. The van der Waals surface area contributed by atoms with Crippen molar-refractivity contribution in [3.63, 3.8) is 0 Å². The molecule has 3 rings (SSSR count). The van der Waals surface area contributed by atoms with Crippen LogP contribution in [0.3, 0.4) is 0 Å². The van der Waals surface area contributed by atoms with Crippen molar-refractivity contribution < 1.29 is 4.79 Å². The summed E-state index contributed by atoms with van der Waals surface area (Å²) in [5.41, 5.74) is 2.97. The van der Waals surface area contributed by atoms with Gasteiger partial charge in [-0.1, -0.05) is 29.8 Å². The maximum Gasteiger partial charge on any atom is 0.258 e. The molecule has 2 aromatic carbocycles. The van der Waals surface area contributed by atoms with E-state index in [1.54, 1.807) is 12.1 Å². The normalized spacial score (nSPS) is 10.2. The van der Waals surface area contributed by atoms with Gasteiger partial charge in [0.2, 0.25) is 5.95 Å². The molecule has 1 heterocycles. The Hall–Kier alpha value is -2.92. The largest absolute Gasteiger partial charge is 0.324 e. The summed E-state index contributed by atoms with van der Waals surface area (Å²) in [6.45, 7) is 1.97. The molecule has 6 heteroatoms. The lowest BCUT2D eigenvalue weighted by molar-refractivity contribution is 0.102. The highest BCUT2D eigenvalue weighted by Crippen LogP contribution is 2.18. The highest BCUT2D eigenvalue weighted by molar-refractivity contribution is 6.30. The summed E-state index contributed by atoms with van der Waals surface area (Å²) in [7, 11) is 0. The van der Waals surface area contributed by atoms with Gasteiger partial charge in [0.25, 0.3) is 5.91 Å². The fourth-order valence-electron chi connectivity index (χ4n) is 2.13. The van der Waals surface area contributed by atoms with E-state index >= 15 is 0 Å². The average molecular weight is 339 g/mol. The van der Waals surface area contributed by atoms with Crippen LogP contribution in [0.5, 0.6) is 0 Å². The van der Waals surface area contributed by atoms with Gasteiger partial charge in [-0.2, -0.15) is 0 Å². The number of hydrogen-bond acceptors (Lipinski definition) is 4. The molecule has 0 unspecified atom stereocenters. The maximum atomic E-state index is 12.2. The lowest BCUT2D eigenvalue weighted by atomic mass is 10.2. The number of amides is 1. The Morgan fingerprint density at radius 3 is 2.42 bits per heavy atom. The molecule has 0 fully saturated rings. The number of nitrogens with zero attached hydrogens (tertiary/aromatic N) is 2. The minimum Gasteiger partial charge on any atom is -0.324 e. The zero-order valence-electron chi connectivity index (χ0n) is 13.0. The van der Waals surface area contributed by atoms with Gasteiger partial charge in [0.1, 0.15) is 0 Å². The van der Waals surface area contributed by atoms with Crippen LogP contribution in [0, 0.1) is 6.92 Å². The second-order valence-electron chi connectivity index (χ2n) is 5.25. The number of halogens is 1. The number of anilines is 3. The number of carbonyl (C=O) groups excluding carboxylic acids is 1. The van der Waals surface area contributed by atoms with Crippen LogP contribution in [0.4, 0.5) is 17.3 Å². The smallest absolute Gasteiger partial charge is 0.258 e. The predicted molar refractivity (Wildman–Crippen MR) is 95.9 cm³/mol. The zero-order valence-corrected chi connectivity index (χ0v) is 13.7. The van der Waals surface area contributed by atoms with E-state index in [2.05, 4.69) is 20.6 Å². The fourth-order valence-corrected chi connectivity index (χ4v) is 2.32. The third-order valence-electron chi connectivity index (χ3n) is 3.27. The van der Waals surface area contributed by atoms with Crippen LogP contribution in [-0.2, 0) is 0 Å². The quantitative estimate of drug-likeness (QED) is 0.738. The van der Waals surface area contributed by atoms with E-state index in [1.807, 2.05) is 43.3 Å². The molecule has 0 aliphatic carbocycles. The number of benzene rings is 2. The van der Waals surface area contributed by atoms with Crippen LogP contribution in [-0.4, -0.2) is 15.9 Å². The van der Waals surface area contributed by atoms with Crippen molar-refractivity contribution in [2.75, 3.05) is 10.6 Å². The van der Waals surface area contributed by atoms with Gasteiger partial charge in [0.15, 0.2) is 0 Å². The molecule has 0 spiro atoms. The molecule has 0 bridgehead atoms. The van der Waals surface area contributed by atoms with Gasteiger partial charge >= 0.3 is 0 Å². The van der Waals surface area contributed by atoms with Crippen molar-refractivity contribution in [1.29, 1.82) is 0 Å². The molecule has 0 aliphatic rings. The predicted octanol–water partition coefficient (Wildman–Crippen LogP) is 4.43. The van der Waals surface area contributed by atoms with E-state index in [1.165, 1.54) is 12.4 Å². The first-order valence-corrected chi connectivity index (χ1v) is 7.70. The molecule has 0 saturated carbocycles. The van der Waals surface area contributed by atoms with Crippen LogP contribution >= 0.6 is 11.6 Å². The van der Waals surface area contributed by atoms with E-state index in [4.69, 9.17) is 11.6 Å². The number of aryl methyl sites for hydroxylation is 1. The van der Waals surface area contributed by atoms with E-state index in [9.17, 15) is 4.79 Å². The van der Waals surface area contributed by atoms with Crippen molar-refractivity contribution in [2.45, 2.75) is 6.92 Å². The number of nitrogens with one attached hydrogen (secondary N) is 2. The first-order valence-electron chi connectivity index (χ1n) is 7.33. The Kier molecular flexibility index (Phi) is 4.72. The number of aromatic nitrogens is 2. The van der Waals surface area contributed by atoms with E-state index in [0.717, 1.165) is 16.9 Å². The Bertz CT molecular complexity index is 865. The molecular formula is C18H15ClN4O. The first-order chi connectivity index (χ1) is 11.6. The van der Waals surface area contributed by atoms with Crippen LogP contribution in [0.1, 0.15) is 15.9 Å². The third kappa shape index (κ3) is 4.08. The molecule has 0 radical (unpaired) electrons. The maximum absolute atomic E-state index is 12.2. The van der Waals surface area contributed by atoms with E-state index < -0.39 is 0 Å². The van der Waals surface area contributed by atoms with Crippen molar-refractivity contribution in [3.8, 4) is 0 Å². The summed E-state index contributed by atoms with van der Waals surface area (Å²) in [5, 5.41) is 6.47. The summed E-state index contributed by atoms with van der Waals surface area (Å²) in [4.78, 5) is 20.5. The molecule has 3 aromatic rings. The Labute approximate surface area is 144 Å². The summed E-state index contributed by atoms with van der Waals surface area (Å²) < 4.78 is 0. The topological polar surface area (TPSA) is 66.9 Å². The van der Waals surface area contributed by atoms with E-state index in [0.29, 0.717) is 16.5 Å². The van der Waals surface area contributed by atoms with Crippen LogP contribution in [0.15, 0.2) is 60.9 Å². The molecule has 0 saturated heterocycles. The molecule has 120 valence electrons. The molecule has 1 aromatic heterocycles. The van der Waals surface area contributed by atoms with Gasteiger partial charge in [-0.25, -0.2) is 9.97 Å². The molecular weight excluding hydrogens is 324 g/mol. The minimum absolute atomic E-state index is 0.255. The lowest BCUT2D eigenvalue weighted by Crippen LogP contribution is -2.13. The van der Waals surface area contributed by atoms with Gasteiger partial charge in [-0.3, -0.25) is 4.79 Å². The van der Waals surface area contributed by atoms with Crippen LogP contribution < -0.4 is 10.6 Å². The number of hydrogen-bond donors (Lipinski definition) is 2. The summed E-state index contributed by atoms with van der Waals surface area (Å²) >= 11 is 5.93. The zero-order chi connectivity index (χ0) is 16.9. The first kappa shape index (κ1) is 16.0. The van der Waals surface area contributed by atoms with Crippen molar-refractivity contribution in [1.82, 2.24) is 9.97 Å². The van der Waals surface area contributed by atoms with Crippen LogP contribution in [0.2, 0.25) is 5.02 Å². The van der Waals surface area contributed by atoms with Gasteiger partial charge in [0.05, 0.1) is 5.56 Å². The van der Waals surface area contributed by atoms with Crippen molar-refractivity contribution >= 4 is 34.8 Å². The number of rotatable bonds is 4. The fraction of sp³-hybridized carbons (Fsp3) is 0.0556. The SMILES string of the molecule is Cc1cccc(NC(=O)c2cnc(Nc3cccc(Cl)c3)nc2)c1. The van der Waals surface area contributed by atoms with Crippen molar-refractivity contribution in [3.05, 3.63) is 77.1 Å². The highest BCUT2D eigenvalue weighted by atomic mass is 35.5. The monoisotopic (exact) mass is 338 g/mol. The van der Waals surface area contributed by atoms with Gasteiger partial charge in [0, 0.05) is 28.8 Å². The van der Waals surface area contributed by atoms with Crippen molar-refractivity contribution in [2.24, 2.45) is 0 Å².